The number of carbonyl (C=O) groups is 2. The van der Waals surface area contributed by atoms with E-state index in [4.69, 9.17) is 0 Å². The molecule has 1 amide bonds. The van der Waals surface area contributed by atoms with Crippen LogP contribution in [-0.2, 0) is 17.8 Å². The fourth-order valence-electron chi connectivity index (χ4n) is 5.48. The minimum atomic E-state index is -0.905. The molecular formula is C27H33FN2O3. The van der Waals surface area contributed by atoms with Gasteiger partial charge < -0.3 is 10.0 Å². The number of likely N-dealkylation sites (tertiary alicyclic amines) is 2. The fourth-order valence-corrected chi connectivity index (χ4v) is 5.48. The first-order valence-corrected chi connectivity index (χ1v) is 11.9. The molecule has 5 nitrogen and oxygen atoms in total. The van der Waals surface area contributed by atoms with Crippen molar-refractivity contribution in [3.63, 3.8) is 0 Å². The van der Waals surface area contributed by atoms with Gasteiger partial charge in [0.25, 0.3) is 0 Å². The van der Waals surface area contributed by atoms with E-state index in [-0.39, 0.29) is 23.2 Å². The average molecular weight is 453 g/mol. The Morgan fingerprint density at radius 2 is 1.79 bits per heavy atom. The van der Waals surface area contributed by atoms with E-state index < -0.39 is 5.97 Å². The van der Waals surface area contributed by atoms with Crippen molar-refractivity contribution in [1.29, 1.82) is 0 Å². The number of benzene rings is 2. The molecule has 1 atom stereocenters. The normalized spacial score (nSPS) is 20.7. The summed E-state index contributed by atoms with van der Waals surface area (Å²) in [5.41, 5.74) is 1.87. The highest BCUT2D eigenvalue weighted by Gasteiger charge is 2.52. The van der Waals surface area contributed by atoms with Crippen molar-refractivity contribution in [1.82, 2.24) is 9.80 Å². The number of nitrogens with zero attached hydrogens (tertiary/aromatic N) is 2. The molecule has 0 radical (unpaired) electrons. The van der Waals surface area contributed by atoms with Crippen LogP contribution in [0.25, 0.3) is 0 Å². The number of rotatable bonds is 7. The zero-order chi connectivity index (χ0) is 23.6. The molecule has 1 spiro atoms. The monoisotopic (exact) mass is 452 g/mol. The fraction of sp³-hybridized carbons (Fsp3) is 0.481. The van der Waals surface area contributed by atoms with Crippen molar-refractivity contribution >= 4 is 11.9 Å². The molecule has 1 N–H and O–H groups in total. The van der Waals surface area contributed by atoms with Crippen LogP contribution >= 0.6 is 0 Å². The van der Waals surface area contributed by atoms with Gasteiger partial charge in [0.1, 0.15) is 5.82 Å². The van der Waals surface area contributed by atoms with E-state index >= 15 is 0 Å². The highest BCUT2D eigenvalue weighted by atomic mass is 19.1. The lowest BCUT2D eigenvalue weighted by Gasteiger charge is -2.38. The second kappa shape index (κ2) is 9.64. The maximum Gasteiger partial charge on any atom is 0.336 e. The average Bonchev–Trinajstić information content (AvgIpc) is 3.02. The van der Waals surface area contributed by atoms with Gasteiger partial charge in [0.05, 0.1) is 11.0 Å². The van der Waals surface area contributed by atoms with E-state index in [1.54, 1.807) is 12.1 Å². The number of halogens is 1. The van der Waals surface area contributed by atoms with Gasteiger partial charge in [0.2, 0.25) is 5.91 Å². The van der Waals surface area contributed by atoms with Crippen LogP contribution in [0.3, 0.4) is 0 Å². The number of hydrogen-bond acceptors (Lipinski definition) is 3. The summed E-state index contributed by atoms with van der Waals surface area (Å²) in [5, 5.41) is 9.47. The van der Waals surface area contributed by atoms with E-state index in [0.717, 1.165) is 56.4 Å². The predicted octanol–water partition coefficient (Wildman–Crippen LogP) is 4.61. The van der Waals surface area contributed by atoms with Gasteiger partial charge in [-0.15, -0.1) is 0 Å². The number of carboxylic acid groups (broad SMARTS) is 1. The van der Waals surface area contributed by atoms with Crippen LogP contribution < -0.4 is 0 Å². The minimum Gasteiger partial charge on any atom is -0.478 e. The van der Waals surface area contributed by atoms with Gasteiger partial charge in [0, 0.05) is 19.1 Å². The summed E-state index contributed by atoms with van der Waals surface area (Å²) < 4.78 is 13.4. The Bertz CT molecular complexity index is 997. The van der Waals surface area contributed by atoms with Gasteiger partial charge in [-0.3, -0.25) is 9.69 Å². The molecule has 0 bridgehead atoms. The number of piperidine rings is 1. The molecule has 2 fully saturated rings. The Hall–Kier alpha value is -2.73. The Labute approximate surface area is 195 Å². The summed E-state index contributed by atoms with van der Waals surface area (Å²) >= 11 is 0. The first kappa shape index (κ1) is 23.4. The van der Waals surface area contributed by atoms with Crippen LogP contribution in [0, 0.1) is 17.2 Å². The predicted molar refractivity (Wildman–Crippen MR) is 125 cm³/mol. The second-order valence-electron chi connectivity index (χ2n) is 10.1. The van der Waals surface area contributed by atoms with E-state index in [1.165, 1.54) is 12.1 Å². The van der Waals surface area contributed by atoms with Crippen molar-refractivity contribution in [2.75, 3.05) is 19.6 Å². The number of aromatic carboxylic acids is 1. The molecule has 6 heteroatoms. The van der Waals surface area contributed by atoms with Crippen LogP contribution in [0.5, 0.6) is 0 Å². The highest BCUT2D eigenvalue weighted by molar-refractivity contribution is 5.89. The molecule has 176 valence electrons. The lowest BCUT2D eigenvalue weighted by molar-refractivity contribution is -0.139. The van der Waals surface area contributed by atoms with E-state index in [1.807, 2.05) is 24.3 Å². The Morgan fingerprint density at radius 3 is 2.42 bits per heavy atom. The third-order valence-electron chi connectivity index (χ3n) is 7.18. The van der Waals surface area contributed by atoms with Crippen molar-refractivity contribution < 1.29 is 19.1 Å². The maximum absolute atomic E-state index is 13.7. The van der Waals surface area contributed by atoms with Crippen molar-refractivity contribution in [2.45, 2.75) is 52.1 Å². The molecule has 1 unspecified atom stereocenters. The standard InChI is InChI=1S/C27H33FN2O3/c1-19(2)17-30-23(15-20-7-9-22(28)10-8-20)16-27(26(30)33)11-13-29(14-12-27)18-21-5-3-4-6-24(21)25(31)32/h3-10,19,23H,11-18H2,1-2H3,(H,31,32). The van der Waals surface area contributed by atoms with Crippen LogP contribution in [0.2, 0.25) is 0 Å². The number of carbonyl (C=O) groups excluding carboxylic acids is 1. The zero-order valence-electron chi connectivity index (χ0n) is 19.5. The largest absolute Gasteiger partial charge is 0.478 e. The highest BCUT2D eigenvalue weighted by Crippen LogP contribution is 2.45. The molecule has 2 saturated heterocycles. The Morgan fingerprint density at radius 1 is 1.12 bits per heavy atom. The van der Waals surface area contributed by atoms with Crippen molar-refractivity contribution in [2.24, 2.45) is 11.3 Å². The molecule has 0 aromatic heterocycles. The third kappa shape index (κ3) is 5.11. The SMILES string of the molecule is CC(C)CN1C(=O)C2(CCN(Cc3ccccc3C(=O)O)CC2)CC1Cc1ccc(F)cc1. The molecule has 0 saturated carbocycles. The summed E-state index contributed by atoms with van der Waals surface area (Å²) in [4.78, 5) is 29.5. The Balaban J connectivity index is 1.46. The van der Waals surface area contributed by atoms with Gasteiger partial charge in [-0.1, -0.05) is 44.2 Å². The topological polar surface area (TPSA) is 60.9 Å². The van der Waals surface area contributed by atoms with E-state index in [9.17, 15) is 19.1 Å². The molecule has 2 aliphatic heterocycles. The van der Waals surface area contributed by atoms with Crippen LogP contribution in [0.15, 0.2) is 48.5 Å². The molecule has 0 aliphatic carbocycles. The molecule has 2 aromatic carbocycles. The maximum atomic E-state index is 13.7. The van der Waals surface area contributed by atoms with Gasteiger partial charge in [-0.2, -0.15) is 0 Å². The summed E-state index contributed by atoms with van der Waals surface area (Å²) in [6.07, 6.45) is 3.15. The van der Waals surface area contributed by atoms with Crippen LogP contribution in [-0.4, -0.2) is 52.5 Å². The zero-order valence-corrected chi connectivity index (χ0v) is 19.5. The summed E-state index contributed by atoms with van der Waals surface area (Å²) in [6, 6.07) is 13.9. The molecular weight excluding hydrogens is 419 g/mol. The smallest absolute Gasteiger partial charge is 0.336 e. The summed E-state index contributed by atoms with van der Waals surface area (Å²) in [6.45, 7) is 7.14. The summed E-state index contributed by atoms with van der Waals surface area (Å²) in [7, 11) is 0. The summed E-state index contributed by atoms with van der Waals surface area (Å²) in [5.74, 6) is -0.507. The van der Waals surface area contributed by atoms with Crippen molar-refractivity contribution in [3.05, 3.63) is 71.0 Å². The third-order valence-corrected chi connectivity index (χ3v) is 7.18. The number of amides is 1. The molecule has 4 rings (SSSR count). The van der Waals surface area contributed by atoms with E-state index in [0.29, 0.717) is 18.0 Å². The lowest BCUT2D eigenvalue weighted by Crippen LogP contribution is -2.45. The first-order chi connectivity index (χ1) is 15.8. The van der Waals surface area contributed by atoms with Gasteiger partial charge >= 0.3 is 5.97 Å². The second-order valence-corrected chi connectivity index (χ2v) is 10.1. The Kier molecular flexibility index (Phi) is 6.84. The first-order valence-electron chi connectivity index (χ1n) is 11.9. The van der Waals surface area contributed by atoms with Crippen LogP contribution in [0.4, 0.5) is 4.39 Å². The molecule has 33 heavy (non-hydrogen) atoms. The number of hydrogen-bond donors (Lipinski definition) is 1. The van der Waals surface area contributed by atoms with Gasteiger partial charge in [0.15, 0.2) is 0 Å². The minimum absolute atomic E-state index is 0.129. The molecule has 2 heterocycles. The van der Waals surface area contributed by atoms with E-state index in [2.05, 4.69) is 23.6 Å². The van der Waals surface area contributed by atoms with Gasteiger partial charge in [-0.05, 0) is 74.0 Å². The van der Waals surface area contributed by atoms with Gasteiger partial charge in [-0.25, -0.2) is 9.18 Å². The quantitative estimate of drug-likeness (QED) is 0.667. The lowest BCUT2D eigenvalue weighted by atomic mass is 9.75. The van der Waals surface area contributed by atoms with Crippen LogP contribution in [0.1, 0.15) is 54.6 Å². The van der Waals surface area contributed by atoms with Crippen molar-refractivity contribution in [3.8, 4) is 0 Å². The molecule has 2 aromatic rings. The number of carboxylic acids is 1. The molecule has 2 aliphatic rings.